The predicted molar refractivity (Wildman–Crippen MR) is 104 cm³/mol. The number of hydrogen-bond acceptors (Lipinski definition) is 4. The summed E-state index contributed by atoms with van der Waals surface area (Å²) in [5.74, 6) is 0.601. The summed E-state index contributed by atoms with van der Waals surface area (Å²) in [5.41, 5.74) is 1.43. The van der Waals surface area contributed by atoms with Gasteiger partial charge in [0, 0.05) is 6.54 Å². The van der Waals surface area contributed by atoms with E-state index in [1.54, 1.807) is 12.1 Å². The number of hydrogen-bond donors (Lipinski definition) is 1. The van der Waals surface area contributed by atoms with Gasteiger partial charge in [0.1, 0.15) is 5.75 Å². The maximum absolute atomic E-state index is 12.6. The molecule has 2 rings (SSSR count). The first-order valence-electron chi connectivity index (χ1n) is 9.29. The number of fused-ring (bicyclic) bond motifs is 1. The second-order valence-corrected chi connectivity index (χ2v) is 8.94. The number of unbranched alkanes of at least 4 members (excludes halogenated alkanes) is 1. The molecule has 7 heteroatoms. The molecular weight excluding hydrogens is 352 g/mol. The first-order valence-corrected chi connectivity index (χ1v) is 11.1. The van der Waals surface area contributed by atoms with Crippen LogP contribution in [0.5, 0.6) is 5.75 Å². The average molecular weight is 383 g/mol. The van der Waals surface area contributed by atoms with E-state index in [9.17, 15) is 13.2 Å². The van der Waals surface area contributed by atoms with E-state index < -0.39 is 16.1 Å². The minimum atomic E-state index is -3.49. The van der Waals surface area contributed by atoms with E-state index in [0.717, 1.165) is 37.5 Å². The van der Waals surface area contributed by atoms with E-state index in [0.29, 0.717) is 23.9 Å². The lowest BCUT2D eigenvalue weighted by atomic mass is 9.99. The van der Waals surface area contributed by atoms with Crippen molar-refractivity contribution in [3.05, 3.63) is 23.8 Å². The predicted octanol–water partition coefficient (Wildman–Crippen LogP) is 2.85. The molecule has 1 aliphatic rings. The maximum Gasteiger partial charge on any atom is 0.263 e. The van der Waals surface area contributed by atoms with Crippen LogP contribution in [0.2, 0.25) is 0 Å². The Bertz CT molecular complexity index is 733. The molecule has 0 aliphatic carbocycles. The van der Waals surface area contributed by atoms with Crippen LogP contribution in [-0.2, 0) is 14.8 Å². The van der Waals surface area contributed by atoms with Crippen molar-refractivity contribution >= 4 is 21.6 Å². The summed E-state index contributed by atoms with van der Waals surface area (Å²) in [7, 11) is -3.49. The molecule has 1 aromatic carbocycles. The third-order valence-electron chi connectivity index (χ3n) is 4.79. The van der Waals surface area contributed by atoms with Crippen LogP contribution >= 0.6 is 0 Å². The summed E-state index contributed by atoms with van der Waals surface area (Å²) >= 11 is 0. The van der Waals surface area contributed by atoms with Gasteiger partial charge in [-0.25, -0.2) is 8.42 Å². The molecule has 0 bridgehead atoms. The normalized spacial score (nSPS) is 18.0. The topological polar surface area (TPSA) is 75.7 Å². The van der Waals surface area contributed by atoms with Crippen LogP contribution in [0.3, 0.4) is 0 Å². The monoisotopic (exact) mass is 382 g/mol. The molecule has 0 radical (unpaired) electrons. The molecule has 1 aliphatic heterocycles. The van der Waals surface area contributed by atoms with E-state index in [2.05, 4.69) is 19.2 Å². The number of aryl methyl sites for hydroxylation is 1. The lowest BCUT2D eigenvalue weighted by Crippen LogP contribution is -2.51. The number of carbonyl (C=O) groups is 1. The number of nitrogens with one attached hydrogen (secondary N) is 1. The molecular formula is C19H30N2O4S. The summed E-state index contributed by atoms with van der Waals surface area (Å²) in [5, 5.41) is 2.94. The smallest absolute Gasteiger partial charge is 0.263 e. The fourth-order valence-electron chi connectivity index (χ4n) is 3.11. The van der Waals surface area contributed by atoms with E-state index in [-0.39, 0.29) is 12.5 Å². The summed E-state index contributed by atoms with van der Waals surface area (Å²) < 4.78 is 31.4. The van der Waals surface area contributed by atoms with Crippen molar-refractivity contribution in [2.24, 2.45) is 5.92 Å². The van der Waals surface area contributed by atoms with Crippen LogP contribution in [0.15, 0.2) is 18.2 Å². The molecule has 0 saturated heterocycles. The number of sulfonamides is 1. The average Bonchev–Trinajstić information content (AvgIpc) is 2.59. The molecule has 1 N–H and O–H groups in total. The first kappa shape index (κ1) is 20.6. The molecule has 1 aromatic rings. The summed E-state index contributed by atoms with van der Waals surface area (Å²) in [6.07, 6.45) is 4.66. The standard InChI is InChI=1S/C19H30N2O4S/c1-5-7-8-15(6-2)12-20-19(22)18-13-21(26(4,23)24)16-10-9-14(3)11-17(16)25-18/h9-11,15,18H,5-8,12-13H2,1-4H3,(H,20,22)/t15-,18-/m1/s1. The Morgan fingerprint density at radius 2 is 2.12 bits per heavy atom. The van der Waals surface area contributed by atoms with Gasteiger partial charge in [0.2, 0.25) is 10.0 Å². The van der Waals surface area contributed by atoms with Crippen LogP contribution < -0.4 is 14.4 Å². The number of benzene rings is 1. The lowest BCUT2D eigenvalue weighted by Gasteiger charge is -2.34. The number of nitrogens with zero attached hydrogens (tertiary/aromatic N) is 1. The van der Waals surface area contributed by atoms with Gasteiger partial charge in [0.25, 0.3) is 5.91 Å². The van der Waals surface area contributed by atoms with Crippen LogP contribution in [0.1, 0.15) is 45.1 Å². The van der Waals surface area contributed by atoms with Crippen molar-refractivity contribution in [1.82, 2.24) is 5.32 Å². The highest BCUT2D eigenvalue weighted by Gasteiger charge is 2.35. The molecule has 0 unspecified atom stereocenters. The fourth-order valence-corrected chi connectivity index (χ4v) is 4.03. The zero-order chi connectivity index (χ0) is 19.3. The number of amides is 1. The van der Waals surface area contributed by atoms with Gasteiger partial charge in [-0.15, -0.1) is 0 Å². The van der Waals surface area contributed by atoms with Crippen molar-refractivity contribution in [2.75, 3.05) is 23.7 Å². The van der Waals surface area contributed by atoms with Gasteiger partial charge >= 0.3 is 0 Å². The number of anilines is 1. The van der Waals surface area contributed by atoms with E-state index in [4.69, 9.17) is 4.74 Å². The maximum atomic E-state index is 12.6. The van der Waals surface area contributed by atoms with Gasteiger partial charge in [-0.05, 0) is 37.0 Å². The van der Waals surface area contributed by atoms with Crippen molar-refractivity contribution in [2.45, 2.75) is 52.6 Å². The molecule has 1 amide bonds. The third-order valence-corrected chi connectivity index (χ3v) is 5.93. The Morgan fingerprint density at radius 1 is 1.38 bits per heavy atom. The highest BCUT2D eigenvalue weighted by Crippen LogP contribution is 2.35. The molecule has 1 heterocycles. The molecule has 26 heavy (non-hydrogen) atoms. The van der Waals surface area contributed by atoms with Gasteiger partial charge in [-0.3, -0.25) is 9.10 Å². The van der Waals surface area contributed by atoms with Crippen molar-refractivity contribution in [3.63, 3.8) is 0 Å². The van der Waals surface area contributed by atoms with E-state index >= 15 is 0 Å². The van der Waals surface area contributed by atoms with Crippen LogP contribution in [-0.4, -0.2) is 39.8 Å². The Hall–Kier alpha value is -1.76. The van der Waals surface area contributed by atoms with Gasteiger partial charge in [0.05, 0.1) is 18.5 Å². The minimum absolute atomic E-state index is 0.00746. The van der Waals surface area contributed by atoms with Crippen molar-refractivity contribution < 1.29 is 17.9 Å². The van der Waals surface area contributed by atoms with Crippen LogP contribution in [0.25, 0.3) is 0 Å². The Balaban J connectivity index is 2.11. The third kappa shape index (κ3) is 5.13. The molecule has 0 aromatic heterocycles. The summed E-state index contributed by atoms with van der Waals surface area (Å²) in [6.45, 7) is 6.76. The Kier molecular flexibility index (Phi) is 6.92. The minimum Gasteiger partial charge on any atom is -0.476 e. The largest absolute Gasteiger partial charge is 0.476 e. The second-order valence-electron chi connectivity index (χ2n) is 7.03. The van der Waals surface area contributed by atoms with E-state index in [1.165, 1.54) is 4.31 Å². The summed E-state index contributed by atoms with van der Waals surface area (Å²) in [4.78, 5) is 12.6. The molecule has 0 fully saturated rings. The van der Waals surface area contributed by atoms with Crippen molar-refractivity contribution in [1.29, 1.82) is 0 Å². The Labute approximate surface area is 157 Å². The van der Waals surface area contributed by atoms with Crippen molar-refractivity contribution in [3.8, 4) is 5.75 Å². The molecule has 2 atom stereocenters. The quantitative estimate of drug-likeness (QED) is 0.750. The highest BCUT2D eigenvalue weighted by molar-refractivity contribution is 7.92. The van der Waals surface area contributed by atoms with Crippen LogP contribution in [0.4, 0.5) is 5.69 Å². The van der Waals surface area contributed by atoms with Gasteiger partial charge in [-0.2, -0.15) is 0 Å². The Morgan fingerprint density at radius 3 is 2.73 bits per heavy atom. The first-order chi connectivity index (χ1) is 12.3. The zero-order valence-corrected chi connectivity index (χ0v) is 16.9. The fraction of sp³-hybridized carbons (Fsp3) is 0.632. The molecule has 146 valence electrons. The number of rotatable bonds is 8. The second kappa shape index (κ2) is 8.75. The highest BCUT2D eigenvalue weighted by atomic mass is 32.2. The molecule has 0 saturated carbocycles. The van der Waals surface area contributed by atoms with Gasteiger partial charge < -0.3 is 10.1 Å². The number of carbonyl (C=O) groups excluding carboxylic acids is 1. The van der Waals surface area contributed by atoms with Gasteiger partial charge in [0.15, 0.2) is 6.10 Å². The van der Waals surface area contributed by atoms with E-state index in [1.807, 2.05) is 13.0 Å². The number of ether oxygens (including phenoxy) is 1. The lowest BCUT2D eigenvalue weighted by molar-refractivity contribution is -0.127. The van der Waals surface area contributed by atoms with Gasteiger partial charge in [-0.1, -0.05) is 39.2 Å². The SMILES string of the molecule is CCCC[C@@H](CC)CNC(=O)[C@H]1CN(S(C)(=O)=O)c2ccc(C)cc2O1. The zero-order valence-electron chi connectivity index (χ0n) is 16.1. The summed E-state index contributed by atoms with van der Waals surface area (Å²) in [6, 6.07) is 5.32. The molecule has 6 nitrogen and oxygen atoms in total. The van der Waals surface area contributed by atoms with Crippen LogP contribution in [0, 0.1) is 12.8 Å². The molecule has 0 spiro atoms.